The van der Waals surface area contributed by atoms with Gasteiger partial charge < -0.3 is 18.9 Å². The highest BCUT2D eigenvalue weighted by atomic mass is 16.9. The first kappa shape index (κ1) is 11.0. The summed E-state index contributed by atoms with van der Waals surface area (Å²) in [6, 6.07) is 7.62. The second-order valence-corrected chi connectivity index (χ2v) is 4.93. The van der Waals surface area contributed by atoms with Crippen LogP contribution in [0.25, 0.3) is 0 Å². The Balaban J connectivity index is 1.98. The number of rotatable bonds is 2. The van der Waals surface area contributed by atoms with Crippen molar-refractivity contribution in [3.8, 4) is 5.75 Å². The van der Waals surface area contributed by atoms with Crippen LogP contribution >= 0.6 is 0 Å². The van der Waals surface area contributed by atoms with E-state index in [2.05, 4.69) is 6.92 Å². The van der Waals surface area contributed by atoms with Gasteiger partial charge in [-0.3, -0.25) is 0 Å². The van der Waals surface area contributed by atoms with E-state index in [9.17, 15) is 0 Å². The van der Waals surface area contributed by atoms with Crippen molar-refractivity contribution < 1.29 is 18.9 Å². The van der Waals surface area contributed by atoms with Crippen molar-refractivity contribution in [2.45, 2.75) is 12.9 Å². The molecule has 3 aliphatic rings. The molecule has 92 valence electrons. The van der Waals surface area contributed by atoms with E-state index in [0.717, 1.165) is 11.3 Å². The summed E-state index contributed by atoms with van der Waals surface area (Å²) >= 11 is 0. The molecule has 3 fully saturated rings. The number of fused-ring (bicyclic) bond motifs is 3. The van der Waals surface area contributed by atoms with Crippen molar-refractivity contribution in [1.82, 2.24) is 0 Å². The second kappa shape index (κ2) is 3.70. The van der Waals surface area contributed by atoms with E-state index in [1.54, 1.807) is 7.11 Å². The third kappa shape index (κ3) is 1.64. The van der Waals surface area contributed by atoms with Gasteiger partial charge in [0, 0.05) is 5.41 Å². The van der Waals surface area contributed by atoms with Gasteiger partial charge in [0.05, 0.1) is 32.5 Å². The molecule has 17 heavy (non-hydrogen) atoms. The Morgan fingerprint density at radius 2 is 1.65 bits per heavy atom. The normalized spacial score (nSPS) is 35.9. The summed E-state index contributed by atoms with van der Waals surface area (Å²) in [5, 5.41) is 0. The zero-order valence-electron chi connectivity index (χ0n) is 10.1. The van der Waals surface area contributed by atoms with Gasteiger partial charge in [0.1, 0.15) is 5.75 Å². The number of hydrogen-bond acceptors (Lipinski definition) is 4. The molecule has 4 heteroatoms. The van der Waals surface area contributed by atoms with Gasteiger partial charge >= 0.3 is 5.97 Å². The van der Waals surface area contributed by atoms with Gasteiger partial charge in [0.25, 0.3) is 0 Å². The molecular formula is C13H16O4. The standard InChI is InChI=1S/C13H16O4/c1-12-7-15-13(16-8-12,17-9-12)10-5-3-4-6-11(10)14-2/h3-6H,7-9H2,1-2H3. The van der Waals surface area contributed by atoms with Crippen LogP contribution in [0.15, 0.2) is 24.3 Å². The smallest absolute Gasteiger partial charge is 0.315 e. The second-order valence-electron chi connectivity index (χ2n) is 4.93. The summed E-state index contributed by atoms with van der Waals surface area (Å²) in [6.07, 6.45) is 0. The monoisotopic (exact) mass is 236 g/mol. The van der Waals surface area contributed by atoms with E-state index in [-0.39, 0.29) is 5.41 Å². The minimum atomic E-state index is -1.08. The minimum Gasteiger partial charge on any atom is -0.496 e. The van der Waals surface area contributed by atoms with Crippen molar-refractivity contribution in [3.05, 3.63) is 29.8 Å². The largest absolute Gasteiger partial charge is 0.496 e. The molecule has 3 aliphatic heterocycles. The lowest BCUT2D eigenvalue weighted by molar-refractivity contribution is -0.477. The van der Waals surface area contributed by atoms with Gasteiger partial charge in [-0.1, -0.05) is 19.1 Å². The predicted molar refractivity (Wildman–Crippen MR) is 60.6 cm³/mol. The minimum absolute atomic E-state index is 0.0240. The SMILES string of the molecule is COc1ccccc1C12OCC(C)(CO1)CO2. The zero-order valence-corrected chi connectivity index (χ0v) is 10.1. The van der Waals surface area contributed by atoms with Crippen molar-refractivity contribution in [3.63, 3.8) is 0 Å². The van der Waals surface area contributed by atoms with Crippen LogP contribution in [-0.2, 0) is 20.2 Å². The highest BCUT2D eigenvalue weighted by Crippen LogP contribution is 2.46. The quantitative estimate of drug-likeness (QED) is 0.785. The molecule has 0 saturated carbocycles. The summed E-state index contributed by atoms with van der Waals surface area (Å²) in [5.41, 5.74) is 0.772. The van der Waals surface area contributed by atoms with Gasteiger partial charge in [-0.15, -0.1) is 0 Å². The maximum atomic E-state index is 5.77. The maximum Gasteiger partial charge on any atom is 0.315 e. The topological polar surface area (TPSA) is 36.9 Å². The van der Waals surface area contributed by atoms with Crippen LogP contribution in [-0.4, -0.2) is 26.9 Å². The lowest BCUT2D eigenvalue weighted by Gasteiger charge is -2.50. The Hall–Kier alpha value is -1.10. The molecule has 0 aliphatic carbocycles. The Morgan fingerprint density at radius 3 is 2.24 bits per heavy atom. The fraction of sp³-hybridized carbons (Fsp3) is 0.538. The van der Waals surface area contributed by atoms with E-state index >= 15 is 0 Å². The lowest BCUT2D eigenvalue weighted by atomic mass is 9.91. The molecule has 0 spiro atoms. The predicted octanol–water partition coefficient (Wildman–Crippen LogP) is 1.89. The van der Waals surface area contributed by atoms with Crippen molar-refractivity contribution >= 4 is 0 Å². The molecule has 0 unspecified atom stereocenters. The molecule has 4 rings (SSSR count). The molecular weight excluding hydrogens is 220 g/mol. The summed E-state index contributed by atoms with van der Waals surface area (Å²) in [7, 11) is 1.63. The van der Waals surface area contributed by atoms with Gasteiger partial charge in [0.2, 0.25) is 0 Å². The fourth-order valence-corrected chi connectivity index (χ4v) is 2.19. The first-order valence-corrected chi connectivity index (χ1v) is 5.73. The van der Waals surface area contributed by atoms with Crippen molar-refractivity contribution in [2.75, 3.05) is 26.9 Å². The lowest BCUT2D eigenvalue weighted by Crippen LogP contribution is -2.57. The molecule has 0 amide bonds. The number of hydrogen-bond donors (Lipinski definition) is 0. The summed E-state index contributed by atoms with van der Waals surface area (Å²) < 4.78 is 22.6. The van der Waals surface area contributed by atoms with Crippen LogP contribution in [0.1, 0.15) is 12.5 Å². The average Bonchev–Trinajstić information content (AvgIpc) is 2.40. The van der Waals surface area contributed by atoms with Crippen molar-refractivity contribution in [1.29, 1.82) is 0 Å². The van der Waals surface area contributed by atoms with Crippen LogP contribution < -0.4 is 4.74 Å². The van der Waals surface area contributed by atoms with Gasteiger partial charge in [0.15, 0.2) is 0 Å². The molecule has 0 radical (unpaired) electrons. The van der Waals surface area contributed by atoms with Crippen molar-refractivity contribution in [2.24, 2.45) is 5.41 Å². The Bertz CT molecular complexity index is 405. The van der Waals surface area contributed by atoms with E-state index in [1.165, 1.54) is 0 Å². The molecule has 3 saturated heterocycles. The van der Waals surface area contributed by atoms with Crippen LogP contribution in [0.3, 0.4) is 0 Å². The molecule has 1 aromatic rings. The Labute approximate surface area is 100 Å². The van der Waals surface area contributed by atoms with Crippen LogP contribution in [0, 0.1) is 5.41 Å². The number of para-hydroxylation sites is 1. The Kier molecular flexibility index (Phi) is 2.40. The zero-order chi connectivity index (χ0) is 11.9. The third-order valence-corrected chi connectivity index (χ3v) is 3.27. The van der Waals surface area contributed by atoms with Gasteiger partial charge in [-0.2, -0.15) is 0 Å². The van der Waals surface area contributed by atoms with Gasteiger partial charge in [-0.05, 0) is 12.1 Å². The van der Waals surface area contributed by atoms with E-state index in [4.69, 9.17) is 18.9 Å². The number of methoxy groups -OCH3 is 1. The average molecular weight is 236 g/mol. The first-order valence-electron chi connectivity index (χ1n) is 5.73. The number of benzene rings is 1. The summed E-state index contributed by atoms with van der Waals surface area (Å²) in [5.74, 6) is -0.359. The van der Waals surface area contributed by atoms with Crippen LogP contribution in [0.5, 0.6) is 5.75 Å². The van der Waals surface area contributed by atoms with E-state index < -0.39 is 5.97 Å². The molecule has 4 nitrogen and oxygen atoms in total. The first-order chi connectivity index (χ1) is 8.18. The highest BCUT2D eigenvalue weighted by molar-refractivity contribution is 5.36. The summed E-state index contributed by atoms with van der Waals surface area (Å²) in [6.45, 7) is 4.03. The van der Waals surface area contributed by atoms with Gasteiger partial charge in [-0.25, -0.2) is 0 Å². The molecule has 0 atom stereocenters. The van der Waals surface area contributed by atoms with E-state index in [0.29, 0.717) is 19.8 Å². The third-order valence-electron chi connectivity index (χ3n) is 3.27. The Morgan fingerprint density at radius 1 is 1.06 bits per heavy atom. The molecule has 0 N–H and O–H groups in total. The molecule has 0 aromatic heterocycles. The molecule has 2 bridgehead atoms. The number of ether oxygens (including phenoxy) is 4. The van der Waals surface area contributed by atoms with Crippen LogP contribution in [0.2, 0.25) is 0 Å². The molecule has 3 heterocycles. The fourth-order valence-electron chi connectivity index (χ4n) is 2.19. The van der Waals surface area contributed by atoms with E-state index in [1.807, 2.05) is 24.3 Å². The van der Waals surface area contributed by atoms with Crippen LogP contribution in [0.4, 0.5) is 0 Å². The molecule has 1 aromatic carbocycles. The maximum absolute atomic E-state index is 5.77. The highest BCUT2D eigenvalue weighted by Gasteiger charge is 2.52. The summed E-state index contributed by atoms with van der Waals surface area (Å²) in [4.78, 5) is 0.